The number of nitrogens with zero attached hydrogens (tertiary/aromatic N) is 4. The molecule has 0 saturated heterocycles. The van der Waals surface area contributed by atoms with Gasteiger partial charge in [-0.15, -0.1) is 10.2 Å². The number of aliphatic hydroxyl groups is 1. The van der Waals surface area contributed by atoms with E-state index in [0.29, 0.717) is 6.54 Å². The number of aromatic nitrogens is 4. The van der Waals surface area contributed by atoms with E-state index in [1.165, 1.54) is 5.56 Å². The van der Waals surface area contributed by atoms with Gasteiger partial charge in [0.15, 0.2) is 11.0 Å². The Kier molecular flexibility index (Phi) is 4.82. The Balaban J connectivity index is 1.84. The minimum absolute atomic E-state index is 0.0458. The molecule has 0 radical (unpaired) electrons. The highest BCUT2D eigenvalue weighted by Gasteiger charge is 2.14. The number of rotatable bonds is 6. The third-order valence-corrected chi connectivity index (χ3v) is 4.21. The third-order valence-electron chi connectivity index (χ3n) is 3.17. The van der Waals surface area contributed by atoms with E-state index in [9.17, 15) is 5.11 Å². The van der Waals surface area contributed by atoms with Gasteiger partial charge in [0.05, 0.1) is 6.61 Å². The first-order valence-corrected chi connectivity index (χ1v) is 7.98. The molecule has 1 N–H and O–H groups in total. The molecule has 0 amide bonds. The molecule has 6 heteroatoms. The lowest BCUT2D eigenvalue weighted by Crippen LogP contribution is -2.06. The first kappa shape index (κ1) is 14.7. The summed E-state index contributed by atoms with van der Waals surface area (Å²) in [7, 11) is 0. The summed E-state index contributed by atoms with van der Waals surface area (Å²) in [4.78, 5) is 4.11. The second-order valence-electron chi connectivity index (χ2n) is 4.70. The molecule has 22 heavy (non-hydrogen) atoms. The quantitative estimate of drug-likeness (QED) is 0.709. The van der Waals surface area contributed by atoms with Crippen LogP contribution in [-0.4, -0.2) is 31.5 Å². The highest BCUT2D eigenvalue weighted by Crippen LogP contribution is 2.25. The molecule has 0 unspecified atom stereocenters. The summed E-state index contributed by atoms with van der Waals surface area (Å²) in [6.07, 6.45) is 3.48. The summed E-state index contributed by atoms with van der Waals surface area (Å²) in [5.41, 5.74) is 2.13. The van der Waals surface area contributed by atoms with Gasteiger partial charge in [-0.05, 0) is 17.7 Å². The summed E-state index contributed by atoms with van der Waals surface area (Å²) < 4.78 is 1.94. The van der Waals surface area contributed by atoms with Crippen LogP contribution in [0.1, 0.15) is 5.56 Å². The number of aliphatic hydroxyl groups excluding tert-OH is 1. The van der Waals surface area contributed by atoms with Gasteiger partial charge in [-0.3, -0.25) is 9.55 Å². The van der Waals surface area contributed by atoms with Gasteiger partial charge in [0.2, 0.25) is 0 Å². The highest BCUT2D eigenvalue weighted by atomic mass is 32.2. The fourth-order valence-electron chi connectivity index (χ4n) is 2.13. The predicted molar refractivity (Wildman–Crippen MR) is 86.3 cm³/mol. The fourth-order valence-corrected chi connectivity index (χ4v) is 3.05. The smallest absolute Gasteiger partial charge is 0.191 e. The molecule has 112 valence electrons. The van der Waals surface area contributed by atoms with Crippen LogP contribution in [0.2, 0.25) is 0 Å². The summed E-state index contributed by atoms with van der Waals surface area (Å²) in [6, 6.07) is 14.0. The zero-order valence-electron chi connectivity index (χ0n) is 12.0. The summed E-state index contributed by atoms with van der Waals surface area (Å²) >= 11 is 1.61. The van der Waals surface area contributed by atoms with Gasteiger partial charge < -0.3 is 5.11 Å². The minimum Gasteiger partial charge on any atom is -0.395 e. The van der Waals surface area contributed by atoms with Gasteiger partial charge >= 0.3 is 0 Å². The largest absolute Gasteiger partial charge is 0.395 e. The van der Waals surface area contributed by atoms with E-state index in [-0.39, 0.29) is 6.61 Å². The Bertz CT molecular complexity index is 716. The van der Waals surface area contributed by atoms with Gasteiger partial charge in [0, 0.05) is 30.3 Å². The zero-order chi connectivity index (χ0) is 15.2. The van der Waals surface area contributed by atoms with Crippen LogP contribution in [0, 0.1) is 0 Å². The van der Waals surface area contributed by atoms with Crippen LogP contribution >= 0.6 is 11.8 Å². The van der Waals surface area contributed by atoms with Crippen LogP contribution in [0.4, 0.5) is 0 Å². The molecule has 1 aromatic carbocycles. The SMILES string of the molecule is OCCn1c(SCc2ccccc2)nnc1-c1cccnc1. The Morgan fingerprint density at radius 3 is 2.64 bits per heavy atom. The van der Waals surface area contributed by atoms with Crippen LogP contribution in [0.15, 0.2) is 60.0 Å². The number of hydrogen-bond acceptors (Lipinski definition) is 5. The Labute approximate surface area is 133 Å². The molecule has 0 aliphatic carbocycles. The van der Waals surface area contributed by atoms with Crippen molar-refractivity contribution in [2.45, 2.75) is 17.5 Å². The van der Waals surface area contributed by atoms with Crippen LogP contribution in [-0.2, 0) is 12.3 Å². The topological polar surface area (TPSA) is 63.8 Å². The molecule has 0 fully saturated rings. The van der Waals surface area contributed by atoms with Crippen LogP contribution < -0.4 is 0 Å². The summed E-state index contributed by atoms with van der Waals surface area (Å²) in [5, 5.41) is 18.6. The van der Waals surface area contributed by atoms with E-state index < -0.39 is 0 Å². The molecule has 0 aliphatic rings. The standard InChI is InChI=1S/C16H16N4OS/c21-10-9-20-15(14-7-4-8-17-11-14)18-19-16(20)22-12-13-5-2-1-3-6-13/h1-8,11,21H,9-10,12H2. The van der Waals surface area contributed by atoms with Gasteiger partial charge in [0.25, 0.3) is 0 Å². The van der Waals surface area contributed by atoms with E-state index >= 15 is 0 Å². The molecule has 0 spiro atoms. The van der Waals surface area contributed by atoms with Gasteiger partial charge in [-0.25, -0.2) is 0 Å². The monoisotopic (exact) mass is 312 g/mol. The second kappa shape index (κ2) is 7.20. The lowest BCUT2D eigenvalue weighted by molar-refractivity contribution is 0.272. The number of benzene rings is 1. The first-order valence-electron chi connectivity index (χ1n) is 6.99. The average Bonchev–Trinajstić information content (AvgIpc) is 2.98. The van der Waals surface area contributed by atoms with Gasteiger partial charge in [-0.2, -0.15) is 0 Å². The van der Waals surface area contributed by atoms with Crippen molar-refractivity contribution in [2.75, 3.05) is 6.61 Å². The van der Waals surface area contributed by atoms with Crippen molar-refractivity contribution in [1.29, 1.82) is 0 Å². The third kappa shape index (κ3) is 3.35. The average molecular weight is 312 g/mol. The van der Waals surface area contributed by atoms with Crippen molar-refractivity contribution in [3.63, 3.8) is 0 Å². The van der Waals surface area contributed by atoms with E-state index in [0.717, 1.165) is 22.3 Å². The molecule has 2 heterocycles. The molecule has 0 aliphatic heterocycles. The Hall–Kier alpha value is -2.18. The normalized spacial score (nSPS) is 10.8. The second-order valence-corrected chi connectivity index (χ2v) is 5.64. The van der Waals surface area contributed by atoms with Crippen LogP contribution in [0.5, 0.6) is 0 Å². The van der Waals surface area contributed by atoms with Crippen LogP contribution in [0.3, 0.4) is 0 Å². The highest BCUT2D eigenvalue weighted by molar-refractivity contribution is 7.98. The molecular formula is C16H16N4OS. The zero-order valence-corrected chi connectivity index (χ0v) is 12.8. The predicted octanol–water partition coefficient (Wildman–Crippen LogP) is 2.62. The molecule has 0 bridgehead atoms. The van der Waals surface area contributed by atoms with Crippen LogP contribution in [0.25, 0.3) is 11.4 Å². The van der Waals surface area contributed by atoms with Crippen molar-refractivity contribution in [2.24, 2.45) is 0 Å². The van der Waals surface area contributed by atoms with Crippen molar-refractivity contribution >= 4 is 11.8 Å². The number of pyridine rings is 1. The van der Waals surface area contributed by atoms with E-state index in [2.05, 4.69) is 27.3 Å². The van der Waals surface area contributed by atoms with Gasteiger partial charge in [-0.1, -0.05) is 42.1 Å². The van der Waals surface area contributed by atoms with Gasteiger partial charge in [0.1, 0.15) is 0 Å². The molecular weight excluding hydrogens is 296 g/mol. The lowest BCUT2D eigenvalue weighted by atomic mass is 10.2. The van der Waals surface area contributed by atoms with E-state index in [1.54, 1.807) is 24.2 Å². The first-order chi connectivity index (χ1) is 10.9. The van der Waals surface area contributed by atoms with Crippen molar-refractivity contribution in [1.82, 2.24) is 19.7 Å². The summed E-state index contributed by atoms with van der Waals surface area (Å²) in [5.74, 6) is 1.55. The van der Waals surface area contributed by atoms with E-state index in [4.69, 9.17) is 0 Å². The molecule has 3 aromatic rings. The Morgan fingerprint density at radius 2 is 1.91 bits per heavy atom. The van der Waals surface area contributed by atoms with Crippen molar-refractivity contribution in [3.8, 4) is 11.4 Å². The number of hydrogen-bond donors (Lipinski definition) is 1. The maximum absolute atomic E-state index is 9.32. The van der Waals surface area contributed by atoms with E-state index in [1.807, 2.05) is 34.9 Å². The summed E-state index contributed by atoms with van der Waals surface area (Å²) in [6.45, 7) is 0.512. The molecule has 5 nitrogen and oxygen atoms in total. The molecule has 0 saturated carbocycles. The number of thioether (sulfide) groups is 1. The van der Waals surface area contributed by atoms with Crippen molar-refractivity contribution < 1.29 is 5.11 Å². The van der Waals surface area contributed by atoms with Crippen molar-refractivity contribution in [3.05, 3.63) is 60.4 Å². The maximum atomic E-state index is 9.32. The molecule has 2 aromatic heterocycles. The molecule has 3 rings (SSSR count). The molecule has 0 atom stereocenters. The lowest BCUT2D eigenvalue weighted by Gasteiger charge is -2.08. The Morgan fingerprint density at radius 1 is 1.05 bits per heavy atom. The minimum atomic E-state index is 0.0458. The maximum Gasteiger partial charge on any atom is 0.191 e. The fraction of sp³-hybridized carbons (Fsp3) is 0.188.